The van der Waals surface area contributed by atoms with Gasteiger partial charge < -0.3 is 15.8 Å². The van der Waals surface area contributed by atoms with Gasteiger partial charge in [-0.25, -0.2) is 4.98 Å². The molecule has 0 spiro atoms. The van der Waals surface area contributed by atoms with Crippen molar-refractivity contribution in [3.8, 4) is 0 Å². The van der Waals surface area contributed by atoms with E-state index in [1.54, 1.807) is 18.1 Å². The van der Waals surface area contributed by atoms with Gasteiger partial charge in [-0.15, -0.1) is 0 Å². The molecule has 0 saturated carbocycles. The van der Waals surface area contributed by atoms with Crippen LogP contribution in [0.25, 0.3) is 0 Å². The Morgan fingerprint density at radius 3 is 3.06 bits per heavy atom. The van der Waals surface area contributed by atoms with Crippen LogP contribution in [-0.4, -0.2) is 47.0 Å². The number of nitrogens with zero attached hydrogens (tertiary/aromatic N) is 3. The zero-order valence-corrected chi connectivity index (χ0v) is 9.51. The number of amides is 1. The summed E-state index contributed by atoms with van der Waals surface area (Å²) in [5.74, 6) is 0.473. The summed E-state index contributed by atoms with van der Waals surface area (Å²) in [6, 6.07) is -0.623. The van der Waals surface area contributed by atoms with Gasteiger partial charge in [0.1, 0.15) is 12.4 Å². The normalized spacial score (nSPS) is 12.4. The number of nitrogens with one attached hydrogen (secondary N) is 1. The Kier molecular flexibility index (Phi) is 4.87. The predicted octanol–water partition coefficient (Wildman–Crippen LogP) is -1.55. The fourth-order valence-electron chi connectivity index (χ4n) is 1.18. The van der Waals surface area contributed by atoms with Crippen molar-refractivity contribution in [3.05, 3.63) is 12.2 Å². The summed E-state index contributed by atoms with van der Waals surface area (Å²) in [5.41, 5.74) is 5.54. The maximum atomic E-state index is 11.4. The molecule has 3 N–H and O–H groups in total. The van der Waals surface area contributed by atoms with Gasteiger partial charge >= 0.3 is 0 Å². The second-order valence-electron chi connectivity index (χ2n) is 3.44. The van der Waals surface area contributed by atoms with Crippen LogP contribution in [0.1, 0.15) is 5.82 Å². The van der Waals surface area contributed by atoms with Crippen LogP contribution in [0.15, 0.2) is 6.33 Å². The van der Waals surface area contributed by atoms with Crippen LogP contribution < -0.4 is 11.1 Å². The van der Waals surface area contributed by atoms with Crippen molar-refractivity contribution >= 4 is 5.91 Å². The molecule has 0 aromatic carbocycles. The third kappa shape index (κ3) is 3.95. The lowest BCUT2D eigenvalue weighted by atomic mass is 10.3. The van der Waals surface area contributed by atoms with Crippen LogP contribution in [0.4, 0.5) is 0 Å². The quantitative estimate of drug-likeness (QED) is 0.613. The molecule has 7 heteroatoms. The number of hydrogen-bond donors (Lipinski definition) is 2. The van der Waals surface area contributed by atoms with Crippen LogP contribution in [-0.2, 0) is 23.0 Å². The number of aromatic nitrogens is 3. The van der Waals surface area contributed by atoms with Crippen LogP contribution in [0.3, 0.4) is 0 Å². The van der Waals surface area contributed by atoms with E-state index >= 15 is 0 Å². The Morgan fingerprint density at radius 2 is 2.50 bits per heavy atom. The summed E-state index contributed by atoms with van der Waals surface area (Å²) < 4.78 is 6.40. The van der Waals surface area contributed by atoms with E-state index in [9.17, 15) is 4.79 Å². The van der Waals surface area contributed by atoms with Gasteiger partial charge in [-0.05, 0) is 0 Å². The highest BCUT2D eigenvalue weighted by atomic mass is 16.5. The minimum Gasteiger partial charge on any atom is -0.383 e. The molecule has 1 heterocycles. The molecule has 0 aliphatic heterocycles. The maximum absolute atomic E-state index is 11.4. The lowest BCUT2D eigenvalue weighted by molar-refractivity contribution is -0.123. The molecular weight excluding hydrogens is 210 g/mol. The number of nitrogens with two attached hydrogens (primary N) is 1. The van der Waals surface area contributed by atoms with Gasteiger partial charge in [0.15, 0.2) is 5.82 Å². The lowest BCUT2D eigenvalue weighted by Gasteiger charge is -2.10. The standard InChI is InChI=1S/C9H17N5O2/c1-14-6-12-8(13-14)3-4-11-9(15)7(10)5-16-2/h6-7H,3-5,10H2,1-2H3,(H,11,15). The molecule has 1 atom stereocenters. The van der Waals surface area contributed by atoms with E-state index in [1.165, 1.54) is 7.11 Å². The molecular formula is C9H17N5O2. The number of hydrogen-bond acceptors (Lipinski definition) is 5. The Hall–Kier alpha value is -1.47. The van der Waals surface area contributed by atoms with Crippen molar-refractivity contribution in [2.75, 3.05) is 20.3 Å². The molecule has 1 aromatic heterocycles. The first kappa shape index (κ1) is 12.6. The molecule has 1 unspecified atom stereocenters. The van der Waals surface area contributed by atoms with Gasteiger partial charge in [0.25, 0.3) is 0 Å². The third-order valence-corrected chi connectivity index (χ3v) is 1.98. The highest BCUT2D eigenvalue weighted by Crippen LogP contribution is 1.88. The largest absolute Gasteiger partial charge is 0.383 e. The number of rotatable bonds is 6. The molecule has 1 aromatic rings. The minimum absolute atomic E-state index is 0.216. The smallest absolute Gasteiger partial charge is 0.239 e. The van der Waals surface area contributed by atoms with Crippen molar-refractivity contribution in [1.29, 1.82) is 0 Å². The van der Waals surface area contributed by atoms with Crippen molar-refractivity contribution < 1.29 is 9.53 Å². The van der Waals surface area contributed by atoms with Crippen LogP contribution in [0.5, 0.6) is 0 Å². The molecule has 0 aliphatic carbocycles. The first-order valence-electron chi connectivity index (χ1n) is 5.00. The first-order chi connectivity index (χ1) is 7.63. The van der Waals surface area contributed by atoms with E-state index in [0.29, 0.717) is 18.8 Å². The average molecular weight is 227 g/mol. The van der Waals surface area contributed by atoms with Gasteiger partial charge in [0.05, 0.1) is 6.61 Å². The topological polar surface area (TPSA) is 95.1 Å². The van der Waals surface area contributed by atoms with Crippen molar-refractivity contribution in [1.82, 2.24) is 20.1 Å². The molecule has 0 bridgehead atoms. The first-order valence-corrected chi connectivity index (χ1v) is 5.00. The average Bonchev–Trinajstić information content (AvgIpc) is 2.64. The monoisotopic (exact) mass is 227 g/mol. The van der Waals surface area contributed by atoms with Gasteiger partial charge in [0, 0.05) is 27.1 Å². The number of methoxy groups -OCH3 is 1. The van der Waals surface area contributed by atoms with E-state index in [4.69, 9.17) is 10.5 Å². The maximum Gasteiger partial charge on any atom is 0.239 e. The molecule has 0 aliphatic rings. The summed E-state index contributed by atoms with van der Waals surface area (Å²) in [5, 5.41) is 6.78. The molecule has 16 heavy (non-hydrogen) atoms. The van der Waals surface area contributed by atoms with Crippen LogP contribution >= 0.6 is 0 Å². The van der Waals surface area contributed by atoms with Crippen LogP contribution in [0, 0.1) is 0 Å². The second kappa shape index (κ2) is 6.19. The lowest BCUT2D eigenvalue weighted by Crippen LogP contribution is -2.44. The van der Waals surface area contributed by atoms with Crippen LogP contribution in [0.2, 0.25) is 0 Å². The predicted molar refractivity (Wildman–Crippen MR) is 57.6 cm³/mol. The highest BCUT2D eigenvalue weighted by Gasteiger charge is 2.12. The minimum atomic E-state index is -0.623. The van der Waals surface area contributed by atoms with Gasteiger partial charge in [-0.1, -0.05) is 0 Å². The Labute approximate surface area is 94.0 Å². The zero-order chi connectivity index (χ0) is 12.0. The third-order valence-electron chi connectivity index (χ3n) is 1.98. The summed E-state index contributed by atoms with van der Waals surface area (Å²) in [7, 11) is 3.30. The van der Waals surface area contributed by atoms with Gasteiger partial charge in [-0.3, -0.25) is 9.48 Å². The molecule has 1 amide bonds. The SMILES string of the molecule is COCC(N)C(=O)NCCc1ncn(C)n1. The number of carbonyl (C=O) groups excluding carboxylic acids is 1. The fraction of sp³-hybridized carbons (Fsp3) is 0.667. The number of carbonyl (C=O) groups is 1. The molecule has 7 nitrogen and oxygen atoms in total. The van der Waals surface area contributed by atoms with Crippen molar-refractivity contribution in [2.24, 2.45) is 12.8 Å². The molecule has 90 valence electrons. The highest BCUT2D eigenvalue weighted by molar-refractivity contribution is 5.81. The molecule has 0 radical (unpaired) electrons. The Balaban J connectivity index is 2.22. The number of aryl methyl sites for hydroxylation is 1. The molecule has 0 saturated heterocycles. The fourth-order valence-corrected chi connectivity index (χ4v) is 1.18. The van der Waals surface area contributed by atoms with Crippen molar-refractivity contribution in [3.63, 3.8) is 0 Å². The second-order valence-corrected chi connectivity index (χ2v) is 3.44. The number of ether oxygens (including phenoxy) is 1. The van der Waals surface area contributed by atoms with Crippen molar-refractivity contribution in [2.45, 2.75) is 12.5 Å². The molecule has 1 rings (SSSR count). The van der Waals surface area contributed by atoms with E-state index in [2.05, 4.69) is 15.4 Å². The van der Waals surface area contributed by atoms with E-state index in [1.807, 2.05) is 0 Å². The summed E-state index contributed by atoms with van der Waals surface area (Å²) in [6.45, 7) is 0.688. The van der Waals surface area contributed by atoms with E-state index in [-0.39, 0.29) is 12.5 Å². The van der Waals surface area contributed by atoms with Gasteiger partial charge in [0.2, 0.25) is 5.91 Å². The summed E-state index contributed by atoms with van der Waals surface area (Å²) >= 11 is 0. The Bertz CT molecular complexity index is 338. The zero-order valence-electron chi connectivity index (χ0n) is 9.51. The summed E-state index contributed by atoms with van der Waals surface area (Å²) in [4.78, 5) is 15.4. The van der Waals surface area contributed by atoms with E-state index in [0.717, 1.165) is 0 Å². The van der Waals surface area contributed by atoms with E-state index < -0.39 is 6.04 Å². The molecule has 0 fully saturated rings. The summed E-state index contributed by atoms with van der Waals surface area (Å²) in [6.07, 6.45) is 2.21. The van der Waals surface area contributed by atoms with Gasteiger partial charge in [-0.2, -0.15) is 5.10 Å². The Morgan fingerprint density at radius 1 is 1.75 bits per heavy atom.